The lowest BCUT2D eigenvalue weighted by molar-refractivity contribution is 0.0953. The van der Waals surface area contributed by atoms with Crippen molar-refractivity contribution in [2.24, 2.45) is 0 Å². The van der Waals surface area contributed by atoms with Crippen LogP contribution < -0.4 is 0 Å². The molecule has 1 atom stereocenters. The average Bonchev–Trinajstić information content (AvgIpc) is 3.55. The van der Waals surface area contributed by atoms with Crippen molar-refractivity contribution >= 4 is 11.8 Å². The van der Waals surface area contributed by atoms with Crippen LogP contribution in [0.1, 0.15) is 18.5 Å². The van der Waals surface area contributed by atoms with E-state index >= 15 is 0 Å². The van der Waals surface area contributed by atoms with Gasteiger partial charge in [0.2, 0.25) is 5.76 Å². The Kier molecular flexibility index (Phi) is 5.37. The number of thioether (sulfide) groups is 1. The zero-order chi connectivity index (χ0) is 20.3. The molecule has 1 aliphatic heterocycles. The average molecular weight is 426 g/mol. The third-order valence-corrected chi connectivity index (χ3v) is 5.90. The van der Waals surface area contributed by atoms with Gasteiger partial charge >= 0.3 is 0 Å². The van der Waals surface area contributed by atoms with Crippen molar-refractivity contribution in [3.63, 3.8) is 0 Å². The second kappa shape index (κ2) is 8.45. The van der Waals surface area contributed by atoms with Gasteiger partial charge in [-0.2, -0.15) is 0 Å². The number of rotatable bonds is 7. The summed E-state index contributed by atoms with van der Waals surface area (Å²) < 4.78 is 31.9. The number of benzene rings is 1. The summed E-state index contributed by atoms with van der Waals surface area (Å²) in [5, 5.41) is 13.6. The molecule has 5 rings (SSSR count). The molecule has 1 aromatic carbocycles. The highest BCUT2D eigenvalue weighted by molar-refractivity contribution is 7.98. The smallest absolute Gasteiger partial charge is 0.202 e. The third kappa shape index (κ3) is 4.03. The van der Waals surface area contributed by atoms with Crippen LogP contribution in [0.3, 0.4) is 0 Å². The van der Waals surface area contributed by atoms with E-state index in [0.717, 1.165) is 35.9 Å². The zero-order valence-electron chi connectivity index (χ0n) is 16.0. The fraction of sp³-hybridized carbons (Fsp3) is 0.286. The van der Waals surface area contributed by atoms with E-state index in [9.17, 15) is 4.39 Å². The monoisotopic (exact) mass is 426 g/mol. The third-order valence-electron chi connectivity index (χ3n) is 4.90. The highest BCUT2D eigenvalue weighted by Gasteiger charge is 2.22. The van der Waals surface area contributed by atoms with Gasteiger partial charge in [-0.15, -0.1) is 10.2 Å². The van der Waals surface area contributed by atoms with Crippen LogP contribution in [0.15, 0.2) is 62.8 Å². The fourth-order valence-electron chi connectivity index (χ4n) is 3.42. The zero-order valence-corrected chi connectivity index (χ0v) is 16.8. The maximum absolute atomic E-state index is 13.4. The molecule has 0 radical (unpaired) electrons. The minimum atomic E-state index is -0.281. The van der Waals surface area contributed by atoms with E-state index in [1.54, 1.807) is 24.5 Å². The molecular formula is C21H19FN4O3S. The lowest BCUT2D eigenvalue weighted by Crippen LogP contribution is -2.16. The first-order valence-electron chi connectivity index (χ1n) is 9.69. The SMILES string of the molecule is Fc1ccc(-c2nnc(SCc3cc(-c4ccco4)on3)n2C[C@@H]2CCCO2)cc1. The van der Waals surface area contributed by atoms with Crippen LogP contribution in [-0.2, 0) is 17.0 Å². The van der Waals surface area contributed by atoms with Gasteiger partial charge in [0, 0.05) is 24.0 Å². The topological polar surface area (TPSA) is 79.1 Å². The van der Waals surface area contributed by atoms with Gasteiger partial charge in [-0.3, -0.25) is 4.57 Å². The van der Waals surface area contributed by atoms with Gasteiger partial charge < -0.3 is 13.7 Å². The summed E-state index contributed by atoms with van der Waals surface area (Å²) in [5.41, 5.74) is 1.59. The Morgan fingerprint density at radius 1 is 1.13 bits per heavy atom. The maximum atomic E-state index is 13.4. The number of hydrogen-bond acceptors (Lipinski definition) is 7. The van der Waals surface area contributed by atoms with Gasteiger partial charge in [0.1, 0.15) is 5.82 Å². The number of ether oxygens (including phenoxy) is 1. The predicted octanol–water partition coefficient (Wildman–Crippen LogP) is 4.80. The van der Waals surface area contributed by atoms with E-state index in [4.69, 9.17) is 13.7 Å². The summed E-state index contributed by atoms with van der Waals surface area (Å²) in [7, 11) is 0. The summed E-state index contributed by atoms with van der Waals surface area (Å²) in [6, 6.07) is 11.8. The van der Waals surface area contributed by atoms with Crippen LogP contribution in [0.2, 0.25) is 0 Å². The minimum absolute atomic E-state index is 0.122. The highest BCUT2D eigenvalue weighted by Crippen LogP contribution is 2.29. The molecule has 7 nitrogen and oxygen atoms in total. The Bertz CT molecular complexity index is 1100. The molecule has 9 heteroatoms. The molecule has 30 heavy (non-hydrogen) atoms. The summed E-state index contributed by atoms with van der Waals surface area (Å²) in [4.78, 5) is 0. The van der Waals surface area contributed by atoms with E-state index in [1.165, 1.54) is 23.9 Å². The number of aromatic nitrogens is 4. The molecule has 4 aromatic rings. The molecule has 0 spiro atoms. The Hall–Kier alpha value is -2.91. The first-order valence-corrected chi connectivity index (χ1v) is 10.7. The van der Waals surface area contributed by atoms with Gasteiger partial charge in [0.15, 0.2) is 16.7 Å². The van der Waals surface area contributed by atoms with Gasteiger partial charge in [-0.1, -0.05) is 16.9 Å². The maximum Gasteiger partial charge on any atom is 0.202 e. The fourth-order valence-corrected chi connectivity index (χ4v) is 4.25. The summed E-state index contributed by atoms with van der Waals surface area (Å²) >= 11 is 1.52. The number of nitrogens with zero attached hydrogens (tertiary/aromatic N) is 4. The van der Waals surface area contributed by atoms with Crippen molar-refractivity contribution in [1.82, 2.24) is 19.9 Å². The van der Waals surface area contributed by atoms with Crippen LogP contribution in [0.5, 0.6) is 0 Å². The van der Waals surface area contributed by atoms with Gasteiger partial charge in [0.25, 0.3) is 0 Å². The van der Waals surface area contributed by atoms with Crippen LogP contribution in [-0.4, -0.2) is 32.6 Å². The Balaban J connectivity index is 1.37. The van der Waals surface area contributed by atoms with Gasteiger partial charge in [-0.05, 0) is 49.2 Å². The second-order valence-electron chi connectivity index (χ2n) is 7.01. The summed E-state index contributed by atoms with van der Waals surface area (Å²) in [5.74, 6) is 2.21. The highest BCUT2D eigenvalue weighted by atomic mass is 32.2. The molecule has 154 valence electrons. The Morgan fingerprint density at radius 2 is 2.03 bits per heavy atom. The van der Waals surface area contributed by atoms with Gasteiger partial charge in [-0.25, -0.2) is 4.39 Å². The lowest BCUT2D eigenvalue weighted by Gasteiger charge is -2.14. The first-order chi connectivity index (χ1) is 14.8. The molecule has 1 fully saturated rings. The molecule has 0 unspecified atom stereocenters. The van der Waals surface area contributed by atoms with E-state index < -0.39 is 0 Å². The molecule has 0 N–H and O–H groups in total. The number of halogens is 1. The van der Waals surface area contributed by atoms with Crippen LogP contribution in [0.4, 0.5) is 4.39 Å². The molecule has 1 saturated heterocycles. The van der Waals surface area contributed by atoms with E-state index in [0.29, 0.717) is 29.6 Å². The number of hydrogen-bond donors (Lipinski definition) is 0. The molecule has 1 aliphatic rings. The van der Waals surface area contributed by atoms with Crippen molar-refractivity contribution in [3.05, 3.63) is 60.2 Å². The molecule has 3 aromatic heterocycles. The lowest BCUT2D eigenvalue weighted by atomic mass is 10.2. The van der Waals surface area contributed by atoms with E-state index in [1.807, 2.05) is 16.7 Å². The normalized spacial score (nSPS) is 16.4. The van der Waals surface area contributed by atoms with Crippen molar-refractivity contribution in [2.75, 3.05) is 6.61 Å². The first kappa shape index (κ1) is 19.1. The molecule has 0 bridgehead atoms. The molecule has 0 amide bonds. The van der Waals surface area contributed by atoms with Crippen LogP contribution in [0, 0.1) is 5.82 Å². The Morgan fingerprint density at radius 3 is 2.80 bits per heavy atom. The summed E-state index contributed by atoms with van der Waals surface area (Å²) in [6.07, 6.45) is 3.77. The number of furan rings is 1. The van der Waals surface area contributed by atoms with E-state index in [-0.39, 0.29) is 11.9 Å². The molecule has 0 saturated carbocycles. The molecule has 0 aliphatic carbocycles. The quantitative estimate of drug-likeness (QED) is 0.393. The van der Waals surface area contributed by atoms with Crippen molar-refractivity contribution in [2.45, 2.75) is 36.4 Å². The molecule has 4 heterocycles. The standard InChI is InChI=1S/C21H19FN4O3S/c22-15-7-5-14(6-8-15)20-23-24-21(26(20)12-17-3-1-9-27-17)30-13-16-11-19(29-25-16)18-4-2-10-28-18/h2,4-8,10-11,17H,1,3,9,12-13H2/t17-/m0/s1. The summed E-state index contributed by atoms with van der Waals surface area (Å²) in [6.45, 7) is 1.42. The van der Waals surface area contributed by atoms with Crippen molar-refractivity contribution in [1.29, 1.82) is 0 Å². The van der Waals surface area contributed by atoms with Crippen molar-refractivity contribution < 1.29 is 18.1 Å². The van der Waals surface area contributed by atoms with Crippen molar-refractivity contribution in [3.8, 4) is 22.9 Å². The van der Waals surface area contributed by atoms with Crippen LogP contribution in [0.25, 0.3) is 22.9 Å². The molecular weight excluding hydrogens is 407 g/mol. The Labute approximate surface area is 176 Å². The van der Waals surface area contributed by atoms with Crippen LogP contribution >= 0.6 is 11.8 Å². The predicted molar refractivity (Wildman–Crippen MR) is 108 cm³/mol. The van der Waals surface area contributed by atoms with E-state index in [2.05, 4.69) is 15.4 Å². The largest absolute Gasteiger partial charge is 0.461 e. The van der Waals surface area contributed by atoms with Gasteiger partial charge in [0.05, 0.1) is 24.6 Å². The second-order valence-corrected chi connectivity index (χ2v) is 7.95. The minimum Gasteiger partial charge on any atom is -0.461 e.